The third-order valence-corrected chi connectivity index (χ3v) is 4.98. The molecule has 0 aliphatic carbocycles. The van der Waals surface area contributed by atoms with Gasteiger partial charge in [-0.05, 0) is 24.5 Å². The first-order valence-corrected chi connectivity index (χ1v) is 8.33. The van der Waals surface area contributed by atoms with Crippen molar-refractivity contribution < 1.29 is 0 Å². The van der Waals surface area contributed by atoms with E-state index < -0.39 is 0 Å². The van der Waals surface area contributed by atoms with Gasteiger partial charge in [0.15, 0.2) is 0 Å². The lowest BCUT2D eigenvalue weighted by molar-refractivity contribution is 0.375. The molecule has 0 spiro atoms. The fraction of sp³-hybridized carbons (Fsp3) is 0.350. The molecule has 0 amide bonds. The molecular weight excluding hydrogens is 282 g/mol. The maximum absolute atomic E-state index is 6.34. The molecule has 0 bridgehead atoms. The summed E-state index contributed by atoms with van der Waals surface area (Å²) >= 11 is 0. The van der Waals surface area contributed by atoms with Crippen LogP contribution in [-0.4, -0.2) is 36.9 Å². The number of nitrogens with two attached hydrogens (primary N) is 1. The number of aliphatic imine (C=N–C) groups is 1. The molecule has 23 heavy (non-hydrogen) atoms. The summed E-state index contributed by atoms with van der Waals surface area (Å²) in [6.07, 6.45) is 0.990. The van der Waals surface area contributed by atoms with Crippen LogP contribution in [0.1, 0.15) is 24.5 Å². The summed E-state index contributed by atoms with van der Waals surface area (Å²) in [4.78, 5) is 6.87. The minimum atomic E-state index is -0.147. The van der Waals surface area contributed by atoms with Crippen LogP contribution in [0.15, 0.2) is 65.7 Å². The zero-order valence-electron chi connectivity index (χ0n) is 13.8. The molecule has 1 aliphatic heterocycles. The van der Waals surface area contributed by atoms with Crippen LogP contribution >= 0.6 is 0 Å². The highest BCUT2D eigenvalue weighted by molar-refractivity contribution is 5.81. The van der Waals surface area contributed by atoms with Crippen LogP contribution in [0.2, 0.25) is 0 Å². The van der Waals surface area contributed by atoms with Crippen LogP contribution in [0, 0.1) is 0 Å². The Hall–Kier alpha value is -2.13. The highest BCUT2D eigenvalue weighted by atomic mass is 15.2. The number of hydrogen-bond donors (Lipinski definition) is 1. The largest absolute Gasteiger partial charge is 0.359 e. The maximum Gasteiger partial charge on any atom is 0.0958 e. The normalized spacial score (nSPS) is 14.9. The first kappa shape index (κ1) is 15.8. The summed E-state index contributed by atoms with van der Waals surface area (Å²) in [5.41, 5.74) is 8.78. The monoisotopic (exact) mass is 307 g/mol. The Bertz CT molecular complexity index is 610. The SMILES string of the molecule is CC1=NCCN1CCC(CN)(c1ccccc1)c1ccccc1. The quantitative estimate of drug-likeness (QED) is 0.891. The zero-order valence-corrected chi connectivity index (χ0v) is 13.8. The van der Waals surface area contributed by atoms with Gasteiger partial charge >= 0.3 is 0 Å². The fourth-order valence-corrected chi connectivity index (χ4v) is 3.50. The highest BCUT2D eigenvalue weighted by Gasteiger charge is 2.33. The summed E-state index contributed by atoms with van der Waals surface area (Å²) in [6.45, 7) is 5.62. The van der Waals surface area contributed by atoms with Gasteiger partial charge in [-0.1, -0.05) is 60.7 Å². The molecule has 1 heterocycles. The molecule has 1 aliphatic rings. The molecule has 120 valence electrons. The number of amidine groups is 1. The van der Waals surface area contributed by atoms with E-state index in [2.05, 4.69) is 77.5 Å². The summed E-state index contributed by atoms with van der Waals surface area (Å²) in [5, 5.41) is 0. The Labute approximate surface area is 138 Å². The van der Waals surface area contributed by atoms with Crippen molar-refractivity contribution in [3.8, 4) is 0 Å². The van der Waals surface area contributed by atoms with Gasteiger partial charge in [0.05, 0.1) is 12.4 Å². The molecule has 2 aromatic carbocycles. The zero-order chi connectivity index (χ0) is 16.1. The molecule has 0 radical (unpaired) electrons. The molecule has 0 atom stereocenters. The van der Waals surface area contributed by atoms with Gasteiger partial charge in [-0.2, -0.15) is 0 Å². The Morgan fingerprint density at radius 2 is 1.57 bits per heavy atom. The van der Waals surface area contributed by atoms with Crippen LogP contribution in [0.3, 0.4) is 0 Å². The fourth-order valence-electron chi connectivity index (χ4n) is 3.50. The van der Waals surface area contributed by atoms with E-state index in [4.69, 9.17) is 5.73 Å². The minimum absolute atomic E-state index is 0.147. The predicted octanol–water partition coefficient (Wildman–Crippen LogP) is 3.06. The van der Waals surface area contributed by atoms with E-state index in [1.54, 1.807) is 0 Å². The molecule has 0 aromatic heterocycles. The molecule has 0 saturated carbocycles. The summed E-state index contributed by atoms with van der Waals surface area (Å²) in [5.74, 6) is 1.15. The van der Waals surface area contributed by atoms with Crippen LogP contribution in [0.25, 0.3) is 0 Å². The number of rotatable bonds is 6. The maximum atomic E-state index is 6.34. The number of nitrogens with zero attached hydrogens (tertiary/aromatic N) is 2. The summed E-state index contributed by atoms with van der Waals surface area (Å²) < 4.78 is 0. The Kier molecular flexibility index (Phi) is 4.77. The molecule has 0 saturated heterocycles. The average Bonchev–Trinajstić information content (AvgIpc) is 3.03. The van der Waals surface area contributed by atoms with E-state index in [1.807, 2.05) is 0 Å². The van der Waals surface area contributed by atoms with Gasteiger partial charge in [0.1, 0.15) is 0 Å². The van der Waals surface area contributed by atoms with E-state index in [0.717, 1.165) is 31.9 Å². The summed E-state index contributed by atoms with van der Waals surface area (Å²) in [7, 11) is 0. The van der Waals surface area contributed by atoms with Crippen LogP contribution in [-0.2, 0) is 5.41 Å². The minimum Gasteiger partial charge on any atom is -0.359 e. The van der Waals surface area contributed by atoms with Crippen molar-refractivity contribution in [2.45, 2.75) is 18.8 Å². The Morgan fingerprint density at radius 3 is 2.00 bits per heavy atom. The predicted molar refractivity (Wildman–Crippen MR) is 96.9 cm³/mol. The number of benzene rings is 2. The van der Waals surface area contributed by atoms with E-state index in [-0.39, 0.29) is 5.41 Å². The van der Waals surface area contributed by atoms with E-state index in [9.17, 15) is 0 Å². The third-order valence-electron chi connectivity index (χ3n) is 4.98. The average molecular weight is 307 g/mol. The second-order valence-electron chi connectivity index (χ2n) is 6.18. The first-order valence-electron chi connectivity index (χ1n) is 8.33. The van der Waals surface area contributed by atoms with Crippen molar-refractivity contribution in [1.29, 1.82) is 0 Å². The number of hydrogen-bond acceptors (Lipinski definition) is 3. The van der Waals surface area contributed by atoms with Crippen LogP contribution in [0.4, 0.5) is 0 Å². The molecule has 0 fully saturated rings. The molecule has 2 N–H and O–H groups in total. The highest BCUT2D eigenvalue weighted by Crippen LogP contribution is 2.35. The van der Waals surface area contributed by atoms with Gasteiger partial charge in [-0.15, -0.1) is 0 Å². The standard InChI is InChI=1S/C20H25N3/c1-17-22-13-15-23(17)14-12-20(16-21,18-8-4-2-5-9-18)19-10-6-3-7-11-19/h2-11H,12-16,21H2,1H3. The molecule has 0 unspecified atom stereocenters. The first-order chi connectivity index (χ1) is 11.3. The molecular formula is C20H25N3. The lowest BCUT2D eigenvalue weighted by Gasteiger charge is -2.36. The van der Waals surface area contributed by atoms with Crippen molar-refractivity contribution in [1.82, 2.24) is 4.90 Å². The third kappa shape index (κ3) is 3.15. The molecule has 3 nitrogen and oxygen atoms in total. The topological polar surface area (TPSA) is 41.6 Å². The van der Waals surface area contributed by atoms with Gasteiger partial charge in [-0.25, -0.2) is 0 Å². The van der Waals surface area contributed by atoms with Gasteiger partial charge in [0.2, 0.25) is 0 Å². The van der Waals surface area contributed by atoms with Crippen LogP contribution < -0.4 is 5.73 Å². The van der Waals surface area contributed by atoms with Gasteiger partial charge in [0.25, 0.3) is 0 Å². The van der Waals surface area contributed by atoms with E-state index >= 15 is 0 Å². The van der Waals surface area contributed by atoms with Gasteiger partial charge in [-0.3, -0.25) is 4.99 Å². The van der Waals surface area contributed by atoms with Crippen molar-refractivity contribution in [3.63, 3.8) is 0 Å². The van der Waals surface area contributed by atoms with Gasteiger partial charge < -0.3 is 10.6 Å². The summed E-state index contributed by atoms with van der Waals surface area (Å²) in [6, 6.07) is 21.3. The van der Waals surface area contributed by atoms with Crippen molar-refractivity contribution in [2.24, 2.45) is 10.7 Å². The molecule has 2 aromatic rings. The second-order valence-corrected chi connectivity index (χ2v) is 6.18. The Morgan fingerprint density at radius 1 is 1.00 bits per heavy atom. The molecule has 3 heteroatoms. The smallest absolute Gasteiger partial charge is 0.0958 e. The van der Waals surface area contributed by atoms with Crippen LogP contribution in [0.5, 0.6) is 0 Å². The Balaban J connectivity index is 1.94. The lowest BCUT2D eigenvalue weighted by atomic mass is 9.72. The second kappa shape index (κ2) is 6.97. The van der Waals surface area contributed by atoms with E-state index in [0.29, 0.717) is 6.54 Å². The lowest BCUT2D eigenvalue weighted by Crippen LogP contribution is -2.40. The van der Waals surface area contributed by atoms with Crippen molar-refractivity contribution in [3.05, 3.63) is 71.8 Å². The molecule has 3 rings (SSSR count). The van der Waals surface area contributed by atoms with Gasteiger partial charge in [0, 0.05) is 25.0 Å². The van der Waals surface area contributed by atoms with E-state index in [1.165, 1.54) is 11.1 Å². The van der Waals surface area contributed by atoms with Crippen molar-refractivity contribution >= 4 is 5.84 Å². The van der Waals surface area contributed by atoms with Crippen molar-refractivity contribution in [2.75, 3.05) is 26.2 Å².